The van der Waals surface area contributed by atoms with Gasteiger partial charge in [0.1, 0.15) is 5.75 Å². The lowest BCUT2D eigenvalue weighted by Gasteiger charge is -2.23. The fraction of sp³-hybridized carbons (Fsp3) is 0.290. The van der Waals surface area contributed by atoms with E-state index < -0.39 is 0 Å². The van der Waals surface area contributed by atoms with Crippen LogP contribution in [-0.4, -0.2) is 7.11 Å². The summed E-state index contributed by atoms with van der Waals surface area (Å²) in [6.07, 6.45) is 0. The smallest absolute Gasteiger partial charge is 0.126 e. The van der Waals surface area contributed by atoms with Crippen LogP contribution in [0.25, 0.3) is 32.3 Å². The first-order valence-corrected chi connectivity index (χ1v) is 14.3. The Morgan fingerprint density at radius 1 is 0.647 bits per heavy atom. The van der Waals surface area contributed by atoms with Gasteiger partial charge in [0.15, 0.2) is 0 Å². The molecule has 5 aromatic rings. The average Bonchev–Trinajstić information content (AvgIpc) is 2.82. The summed E-state index contributed by atoms with van der Waals surface area (Å²) in [6.45, 7) is 6.91. The van der Waals surface area contributed by atoms with Crippen LogP contribution >= 0.6 is 23.5 Å². The van der Waals surface area contributed by atoms with Crippen molar-refractivity contribution in [1.82, 2.24) is 0 Å². The van der Waals surface area contributed by atoms with Crippen LogP contribution in [0.3, 0.4) is 0 Å². The minimum absolute atomic E-state index is 0.138. The third kappa shape index (κ3) is 3.65. The number of para-hydroxylation sites is 1. The number of hydrogen-bond acceptors (Lipinski definition) is 3. The maximum atomic E-state index is 5.84. The molecule has 5 aromatic carbocycles. The molecule has 34 heavy (non-hydrogen) atoms. The van der Waals surface area contributed by atoms with Crippen molar-refractivity contribution in [2.75, 3.05) is 7.11 Å². The molecule has 3 heteroatoms. The van der Waals surface area contributed by atoms with Crippen molar-refractivity contribution in [3.05, 3.63) is 88.5 Å². The maximum Gasteiger partial charge on any atom is 0.126 e. The number of thioether (sulfide) groups is 2. The topological polar surface area (TPSA) is 9.23 Å². The Morgan fingerprint density at radius 3 is 1.68 bits per heavy atom. The second-order valence-corrected chi connectivity index (χ2v) is 12.4. The molecule has 1 heterocycles. The summed E-state index contributed by atoms with van der Waals surface area (Å²) < 4.78 is 5.84. The molecule has 1 nitrogen and oxygen atoms in total. The van der Waals surface area contributed by atoms with Crippen LogP contribution in [0.4, 0.5) is 0 Å². The minimum atomic E-state index is 0.138. The molecule has 0 spiro atoms. The Bertz CT molecular complexity index is 1430. The highest BCUT2D eigenvalue weighted by Crippen LogP contribution is 2.42. The normalized spacial score (nSPS) is 14.9. The Kier molecular flexibility index (Phi) is 5.46. The minimum Gasteiger partial charge on any atom is -0.496 e. The molecule has 4 bridgehead atoms. The molecule has 1 aliphatic heterocycles. The predicted molar refractivity (Wildman–Crippen MR) is 152 cm³/mol. The second kappa shape index (κ2) is 8.39. The van der Waals surface area contributed by atoms with Crippen LogP contribution in [0.1, 0.15) is 48.6 Å². The predicted octanol–water partition coefficient (Wildman–Crippen LogP) is 9.07. The van der Waals surface area contributed by atoms with Crippen LogP contribution in [0, 0.1) is 0 Å². The molecule has 0 aromatic heterocycles. The monoisotopic (exact) mass is 482 g/mol. The summed E-state index contributed by atoms with van der Waals surface area (Å²) in [5.74, 6) is 5.02. The fourth-order valence-corrected chi connectivity index (χ4v) is 7.42. The highest BCUT2D eigenvalue weighted by atomic mass is 32.2. The summed E-state index contributed by atoms with van der Waals surface area (Å²) in [5.41, 5.74) is 7.06. The van der Waals surface area contributed by atoms with Crippen molar-refractivity contribution in [3.8, 4) is 5.75 Å². The quantitative estimate of drug-likeness (QED) is 0.221. The van der Waals surface area contributed by atoms with Gasteiger partial charge in [-0.15, -0.1) is 0 Å². The van der Waals surface area contributed by atoms with Gasteiger partial charge in [0.25, 0.3) is 0 Å². The molecular formula is C31H30OS2. The van der Waals surface area contributed by atoms with E-state index in [2.05, 4.69) is 81.4 Å². The molecule has 172 valence electrons. The third-order valence-corrected chi connectivity index (χ3v) is 9.23. The number of benzene rings is 5. The lowest BCUT2D eigenvalue weighted by atomic mass is 9.82. The van der Waals surface area contributed by atoms with Crippen molar-refractivity contribution in [3.63, 3.8) is 0 Å². The van der Waals surface area contributed by atoms with E-state index >= 15 is 0 Å². The molecule has 0 aliphatic carbocycles. The first-order chi connectivity index (χ1) is 16.4. The Balaban J connectivity index is 1.55. The van der Waals surface area contributed by atoms with Gasteiger partial charge < -0.3 is 4.74 Å². The summed E-state index contributed by atoms with van der Waals surface area (Å²) in [7, 11) is 1.81. The average molecular weight is 483 g/mol. The van der Waals surface area contributed by atoms with Crippen molar-refractivity contribution in [2.24, 2.45) is 0 Å². The zero-order valence-corrected chi connectivity index (χ0v) is 22.0. The Morgan fingerprint density at radius 2 is 1.18 bits per heavy atom. The molecule has 1 aliphatic rings. The molecule has 0 saturated carbocycles. The van der Waals surface area contributed by atoms with Gasteiger partial charge >= 0.3 is 0 Å². The van der Waals surface area contributed by atoms with Crippen LogP contribution < -0.4 is 4.74 Å². The number of fused-ring (bicyclic) bond motifs is 6. The van der Waals surface area contributed by atoms with Crippen molar-refractivity contribution in [1.29, 1.82) is 0 Å². The summed E-state index contributed by atoms with van der Waals surface area (Å²) in [6, 6.07) is 23.4. The van der Waals surface area contributed by atoms with Crippen molar-refractivity contribution >= 4 is 55.8 Å². The second-order valence-electron chi connectivity index (χ2n) is 10.4. The summed E-state index contributed by atoms with van der Waals surface area (Å²) in [5, 5.41) is 8.44. The lowest BCUT2D eigenvalue weighted by molar-refractivity contribution is 0.408. The fourth-order valence-electron chi connectivity index (χ4n) is 5.41. The van der Waals surface area contributed by atoms with Crippen LogP contribution in [0.2, 0.25) is 0 Å². The van der Waals surface area contributed by atoms with E-state index in [1.807, 2.05) is 30.6 Å². The largest absolute Gasteiger partial charge is 0.496 e. The number of hydrogen-bond donors (Lipinski definition) is 0. The van der Waals surface area contributed by atoms with Gasteiger partial charge in [-0.05, 0) is 54.4 Å². The molecule has 0 radical (unpaired) electrons. The van der Waals surface area contributed by atoms with Gasteiger partial charge in [0.2, 0.25) is 0 Å². The summed E-state index contributed by atoms with van der Waals surface area (Å²) in [4.78, 5) is 0. The molecule has 6 rings (SSSR count). The summed E-state index contributed by atoms with van der Waals surface area (Å²) >= 11 is 3.98. The first-order valence-electron chi connectivity index (χ1n) is 12.0. The highest BCUT2D eigenvalue weighted by Gasteiger charge is 2.20. The van der Waals surface area contributed by atoms with Crippen molar-refractivity contribution < 1.29 is 4.74 Å². The number of rotatable bonds is 1. The van der Waals surface area contributed by atoms with Gasteiger partial charge in [0.05, 0.1) is 7.11 Å². The lowest BCUT2D eigenvalue weighted by Crippen LogP contribution is -2.10. The zero-order valence-electron chi connectivity index (χ0n) is 20.3. The van der Waals surface area contributed by atoms with E-state index in [0.29, 0.717) is 0 Å². The molecule has 0 atom stereocenters. The molecule has 0 fully saturated rings. The van der Waals surface area contributed by atoms with Gasteiger partial charge in [0, 0.05) is 34.1 Å². The van der Waals surface area contributed by atoms with Crippen molar-refractivity contribution in [2.45, 2.75) is 49.2 Å². The van der Waals surface area contributed by atoms with E-state index in [9.17, 15) is 0 Å². The SMILES string of the molecule is COc1c2cccc1CSCc1cc(c3ccc4cc(C(C)(C)C)cc5ccc1c3c45)CSC2. The maximum absolute atomic E-state index is 5.84. The first kappa shape index (κ1) is 22.1. The number of ether oxygens (including phenoxy) is 1. The van der Waals surface area contributed by atoms with Crippen LogP contribution in [0.15, 0.2) is 60.7 Å². The van der Waals surface area contributed by atoms with Gasteiger partial charge in [-0.3, -0.25) is 0 Å². The third-order valence-electron chi connectivity index (χ3n) is 7.17. The van der Waals surface area contributed by atoms with Crippen LogP contribution in [-0.2, 0) is 28.4 Å². The van der Waals surface area contributed by atoms with Crippen LogP contribution in [0.5, 0.6) is 5.75 Å². The molecular weight excluding hydrogens is 452 g/mol. The molecule has 0 N–H and O–H groups in total. The molecule has 0 unspecified atom stereocenters. The van der Waals surface area contributed by atoms with E-state index in [4.69, 9.17) is 4.74 Å². The standard InChI is InChI=1S/C31H30OS2/c1-31(2,3)25-13-19-8-10-26-23-12-24(27-11-9-20(14-25)28(19)29(26)27)18-34-16-22-7-5-6-21(15-33-17-23)30(22)32-4/h5-14H,15-18H2,1-4H3. The molecule has 0 saturated heterocycles. The van der Waals surface area contributed by atoms with E-state index in [1.54, 1.807) is 0 Å². The van der Waals surface area contributed by atoms with Gasteiger partial charge in [-0.25, -0.2) is 0 Å². The van der Waals surface area contributed by atoms with E-state index in [1.165, 1.54) is 60.1 Å². The zero-order chi connectivity index (χ0) is 23.4. The Labute approximate surface area is 210 Å². The molecule has 0 amide bonds. The Hall–Kier alpha value is -2.36. The van der Waals surface area contributed by atoms with E-state index in [-0.39, 0.29) is 5.41 Å². The number of methoxy groups -OCH3 is 1. The van der Waals surface area contributed by atoms with E-state index in [0.717, 1.165) is 28.8 Å². The van der Waals surface area contributed by atoms with Gasteiger partial charge in [-0.2, -0.15) is 23.5 Å². The highest BCUT2D eigenvalue weighted by molar-refractivity contribution is 7.98. The van der Waals surface area contributed by atoms with Gasteiger partial charge in [-0.1, -0.05) is 81.4 Å².